The van der Waals surface area contributed by atoms with Gasteiger partial charge in [0, 0.05) is 23.8 Å². The highest BCUT2D eigenvalue weighted by Gasteiger charge is 2.41. The lowest BCUT2D eigenvalue weighted by Gasteiger charge is -2.37. The summed E-state index contributed by atoms with van der Waals surface area (Å²) < 4.78 is 11.4. The molecule has 2 aromatic rings. The zero-order chi connectivity index (χ0) is 16.0. The summed E-state index contributed by atoms with van der Waals surface area (Å²) in [4.78, 5) is 0. The summed E-state index contributed by atoms with van der Waals surface area (Å²) in [5, 5.41) is 3.80. The summed E-state index contributed by atoms with van der Waals surface area (Å²) in [6.07, 6.45) is 1.30. The minimum Gasteiger partial charge on any atom is -0.497 e. The van der Waals surface area contributed by atoms with Crippen LogP contribution in [0.4, 0.5) is 5.69 Å². The van der Waals surface area contributed by atoms with Crippen molar-refractivity contribution in [1.29, 1.82) is 0 Å². The maximum atomic E-state index is 6.13. The molecule has 0 saturated carbocycles. The molecule has 120 valence electrons. The van der Waals surface area contributed by atoms with Crippen LogP contribution in [-0.2, 0) is 4.74 Å². The number of hydrogen-bond donors (Lipinski definition) is 1. The first kappa shape index (κ1) is 14.6. The van der Waals surface area contributed by atoms with Crippen molar-refractivity contribution in [3.8, 4) is 5.75 Å². The third kappa shape index (κ3) is 2.40. The summed E-state index contributed by atoms with van der Waals surface area (Å²) in [6.45, 7) is 5.18. The highest BCUT2D eigenvalue weighted by atomic mass is 16.5. The Morgan fingerprint density at radius 2 is 1.91 bits per heavy atom. The third-order valence-corrected chi connectivity index (χ3v) is 5.16. The molecular formula is C20H23NO2. The number of rotatable bonds is 2. The molecule has 2 aliphatic heterocycles. The van der Waals surface area contributed by atoms with Gasteiger partial charge in [0.25, 0.3) is 0 Å². The molecular weight excluding hydrogens is 286 g/mol. The van der Waals surface area contributed by atoms with Crippen molar-refractivity contribution < 1.29 is 9.47 Å². The molecule has 3 heteroatoms. The van der Waals surface area contributed by atoms with Crippen LogP contribution in [0.15, 0.2) is 36.4 Å². The van der Waals surface area contributed by atoms with Crippen LogP contribution in [0, 0.1) is 19.8 Å². The van der Waals surface area contributed by atoms with E-state index in [1.54, 1.807) is 7.11 Å². The highest BCUT2D eigenvalue weighted by Crippen LogP contribution is 2.50. The van der Waals surface area contributed by atoms with Gasteiger partial charge in [-0.25, -0.2) is 0 Å². The predicted molar refractivity (Wildman–Crippen MR) is 92.1 cm³/mol. The van der Waals surface area contributed by atoms with Crippen LogP contribution in [-0.4, -0.2) is 13.7 Å². The van der Waals surface area contributed by atoms with Gasteiger partial charge in [-0.05, 0) is 43.5 Å². The normalized spacial score (nSPS) is 25.4. The van der Waals surface area contributed by atoms with Crippen molar-refractivity contribution in [2.45, 2.75) is 32.4 Å². The Labute approximate surface area is 137 Å². The molecule has 0 aromatic heterocycles. The van der Waals surface area contributed by atoms with Crippen LogP contribution >= 0.6 is 0 Å². The van der Waals surface area contributed by atoms with E-state index in [4.69, 9.17) is 9.47 Å². The largest absolute Gasteiger partial charge is 0.497 e. The van der Waals surface area contributed by atoms with E-state index in [9.17, 15) is 0 Å². The molecule has 4 rings (SSSR count). The van der Waals surface area contributed by atoms with E-state index in [1.807, 2.05) is 12.1 Å². The van der Waals surface area contributed by atoms with E-state index < -0.39 is 0 Å². The zero-order valence-electron chi connectivity index (χ0n) is 13.9. The summed E-state index contributed by atoms with van der Waals surface area (Å²) >= 11 is 0. The molecule has 3 unspecified atom stereocenters. The molecule has 0 amide bonds. The van der Waals surface area contributed by atoms with Gasteiger partial charge >= 0.3 is 0 Å². The Bertz CT molecular complexity index is 723. The summed E-state index contributed by atoms with van der Waals surface area (Å²) in [7, 11) is 1.71. The first-order chi connectivity index (χ1) is 11.2. The molecule has 2 aromatic carbocycles. The Hall–Kier alpha value is -2.00. The Kier molecular flexibility index (Phi) is 3.53. The SMILES string of the molecule is COc1ccc(C2Nc3c(C)cc(C)cc3C3OCCC23)cc1. The van der Waals surface area contributed by atoms with E-state index in [1.165, 1.54) is 27.9 Å². The van der Waals surface area contributed by atoms with E-state index in [-0.39, 0.29) is 6.10 Å². The van der Waals surface area contributed by atoms with Crippen LogP contribution in [0.25, 0.3) is 0 Å². The molecule has 0 aliphatic carbocycles. The lowest BCUT2D eigenvalue weighted by atomic mass is 9.80. The fourth-order valence-electron chi connectivity index (χ4n) is 4.09. The lowest BCUT2D eigenvalue weighted by molar-refractivity contribution is 0.0828. The zero-order valence-corrected chi connectivity index (χ0v) is 13.9. The van der Waals surface area contributed by atoms with Crippen molar-refractivity contribution >= 4 is 5.69 Å². The van der Waals surface area contributed by atoms with Gasteiger partial charge in [0.05, 0.1) is 19.3 Å². The smallest absolute Gasteiger partial charge is 0.118 e. The van der Waals surface area contributed by atoms with Crippen molar-refractivity contribution in [3.63, 3.8) is 0 Å². The minimum atomic E-state index is 0.206. The first-order valence-electron chi connectivity index (χ1n) is 8.30. The first-order valence-corrected chi connectivity index (χ1v) is 8.30. The number of hydrogen-bond acceptors (Lipinski definition) is 3. The van der Waals surface area contributed by atoms with Crippen molar-refractivity contribution in [1.82, 2.24) is 0 Å². The average molecular weight is 309 g/mol. The van der Waals surface area contributed by atoms with Gasteiger partial charge < -0.3 is 14.8 Å². The Balaban J connectivity index is 1.77. The second-order valence-corrected chi connectivity index (χ2v) is 6.69. The third-order valence-electron chi connectivity index (χ3n) is 5.16. The fourth-order valence-corrected chi connectivity index (χ4v) is 4.09. The lowest BCUT2D eigenvalue weighted by Crippen LogP contribution is -2.29. The fraction of sp³-hybridized carbons (Fsp3) is 0.400. The quantitative estimate of drug-likeness (QED) is 0.882. The van der Waals surface area contributed by atoms with Gasteiger partial charge in [-0.1, -0.05) is 29.8 Å². The molecule has 2 heterocycles. The Morgan fingerprint density at radius 1 is 1.13 bits per heavy atom. The van der Waals surface area contributed by atoms with Crippen LogP contribution < -0.4 is 10.1 Å². The Morgan fingerprint density at radius 3 is 2.65 bits per heavy atom. The number of ether oxygens (including phenoxy) is 2. The van der Waals surface area contributed by atoms with Gasteiger partial charge in [0.2, 0.25) is 0 Å². The molecule has 0 radical (unpaired) electrons. The predicted octanol–water partition coefficient (Wildman–Crippen LogP) is 4.56. The molecule has 0 bridgehead atoms. The van der Waals surface area contributed by atoms with Gasteiger partial charge in [-0.15, -0.1) is 0 Å². The molecule has 3 nitrogen and oxygen atoms in total. The standard InChI is InChI=1S/C20H23NO2/c1-12-10-13(2)18-17(11-12)20-16(8-9-23-20)19(21-18)14-4-6-15(22-3)7-5-14/h4-7,10-11,16,19-21H,8-9H2,1-3H3. The summed E-state index contributed by atoms with van der Waals surface area (Å²) in [5.41, 5.74) is 6.49. The van der Waals surface area contributed by atoms with Gasteiger partial charge in [-0.2, -0.15) is 0 Å². The number of nitrogens with one attached hydrogen (secondary N) is 1. The molecule has 2 aliphatic rings. The highest BCUT2D eigenvalue weighted by molar-refractivity contribution is 5.63. The molecule has 0 spiro atoms. The van der Waals surface area contributed by atoms with Crippen molar-refractivity contribution in [3.05, 3.63) is 58.7 Å². The van der Waals surface area contributed by atoms with Crippen LogP contribution in [0.2, 0.25) is 0 Å². The van der Waals surface area contributed by atoms with Gasteiger partial charge in [0.1, 0.15) is 5.75 Å². The topological polar surface area (TPSA) is 30.5 Å². The van der Waals surface area contributed by atoms with Crippen LogP contribution in [0.3, 0.4) is 0 Å². The van der Waals surface area contributed by atoms with Crippen molar-refractivity contribution in [2.75, 3.05) is 19.0 Å². The van der Waals surface area contributed by atoms with Gasteiger partial charge in [-0.3, -0.25) is 0 Å². The average Bonchev–Trinajstić information content (AvgIpc) is 3.04. The van der Waals surface area contributed by atoms with E-state index in [0.717, 1.165) is 18.8 Å². The monoisotopic (exact) mass is 309 g/mol. The number of anilines is 1. The molecule has 1 N–H and O–H groups in total. The number of fused-ring (bicyclic) bond motifs is 3. The summed E-state index contributed by atoms with van der Waals surface area (Å²) in [5.74, 6) is 1.38. The van der Waals surface area contributed by atoms with Crippen LogP contribution in [0.5, 0.6) is 5.75 Å². The minimum absolute atomic E-state index is 0.206. The molecule has 1 saturated heterocycles. The number of aryl methyl sites for hydroxylation is 2. The van der Waals surface area contributed by atoms with Gasteiger partial charge in [0.15, 0.2) is 0 Å². The molecule has 1 fully saturated rings. The molecule has 3 atom stereocenters. The number of benzene rings is 2. The molecule has 23 heavy (non-hydrogen) atoms. The van der Waals surface area contributed by atoms with E-state index in [0.29, 0.717) is 12.0 Å². The maximum Gasteiger partial charge on any atom is 0.118 e. The van der Waals surface area contributed by atoms with E-state index >= 15 is 0 Å². The second kappa shape index (κ2) is 5.57. The van der Waals surface area contributed by atoms with Crippen LogP contribution in [0.1, 0.15) is 40.8 Å². The van der Waals surface area contributed by atoms with Crippen molar-refractivity contribution in [2.24, 2.45) is 5.92 Å². The number of methoxy groups -OCH3 is 1. The maximum absolute atomic E-state index is 6.13. The van der Waals surface area contributed by atoms with E-state index in [2.05, 4.69) is 43.4 Å². The summed E-state index contributed by atoms with van der Waals surface area (Å²) in [6, 6.07) is 13.2. The second-order valence-electron chi connectivity index (χ2n) is 6.69.